The molecule has 0 atom stereocenters. The fourth-order valence-corrected chi connectivity index (χ4v) is 1.89. The second kappa shape index (κ2) is 6.02. The van der Waals surface area contributed by atoms with E-state index in [-0.39, 0.29) is 5.91 Å². The minimum Gasteiger partial charge on any atom is -0.328 e. The minimum atomic E-state index is -0.252. The summed E-state index contributed by atoms with van der Waals surface area (Å²) in [5.41, 5.74) is 3.94. The van der Waals surface area contributed by atoms with E-state index in [1.807, 2.05) is 32.0 Å². The van der Waals surface area contributed by atoms with Gasteiger partial charge in [-0.05, 0) is 49.2 Å². The lowest BCUT2D eigenvalue weighted by molar-refractivity contribution is -0.105. The van der Waals surface area contributed by atoms with Crippen molar-refractivity contribution >= 4 is 23.7 Å². The first kappa shape index (κ1) is 13.8. The topological polar surface area (TPSA) is 58.2 Å². The first-order valence-electron chi connectivity index (χ1n) is 6.29. The van der Waals surface area contributed by atoms with Crippen LogP contribution in [-0.2, 0) is 4.79 Å². The average Bonchev–Trinajstić information content (AvgIpc) is 2.44. The highest BCUT2D eigenvalue weighted by Crippen LogP contribution is 2.18. The van der Waals surface area contributed by atoms with Gasteiger partial charge in [0.2, 0.25) is 6.41 Å². The Kier molecular flexibility index (Phi) is 4.15. The summed E-state index contributed by atoms with van der Waals surface area (Å²) in [4.78, 5) is 22.8. The van der Waals surface area contributed by atoms with Gasteiger partial charge in [0.1, 0.15) is 0 Å². The van der Waals surface area contributed by atoms with Gasteiger partial charge in [-0.15, -0.1) is 0 Å². The number of nitrogens with one attached hydrogen (secondary N) is 2. The zero-order valence-electron chi connectivity index (χ0n) is 11.4. The number of rotatable bonds is 4. The molecule has 4 heteroatoms. The lowest BCUT2D eigenvalue weighted by Crippen LogP contribution is -2.14. The molecule has 0 spiro atoms. The van der Waals surface area contributed by atoms with Crippen LogP contribution in [0.3, 0.4) is 0 Å². The fraction of sp³-hybridized carbons (Fsp3) is 0.125. The third kappa shape index (κ3) is 3.03. The molecule has 0 radical (unpaired) electrons. The Labute approximate surface area is 117 Å². The van der Waals surface area contributed by atoms with Crippen LogP contribution in [0, 0.1) is 13.8 Å². The van der Waals surface area contributed by atoms with Crippen LogP contribution in [0.2, 0.25) is 0 Å². The molecule has 0 aliphatic carbocycles. The van der Waals surface area contributed by atoms with Gasteiger partial charge in [0.15, 0.2) is 0 Å². The molecule has 4 nitrogen and oxygen atoms in total. The molecule has 0 bridgehead atoms. The smallest absolute Gasteiger partial charge is 0.257 e. The Hall–Kier alpha value is -2.62. The summed E-state index contributed by atoms with van der Waals surface area (Å²) in [6.45, 7) is 4.01. The molecule has 2 aromatic rings. The number of hydrogen-bond acceptors (Lipinski definition) is 2. The molecule has 0 aliphatic rings. The van der Waals surface area contributed by atoms with E-state index >= 15 is 0 Å². The zero-order valence-corrected chi connectivity index (χ0v) is 11.4. The summed E-state index contributed by atoms with van der Waals surface area (Å²) in [5.74, 6) is -0.252. The van der Waals surface area contributed by atoms with Crippen LogP contribution in [0.1, 0.15) is 21.5 Å². The summed E-state index contributed by atoms with van der Waals surface area (Å²) in [5, 5.41) is 5.35. The number of aryl methyl sites for hydroxylation is 2. The van der Waals surface area contributed by atoms with E-state index in [4.69, 9.17) is 0 Å². The van der Waals surface area contributed by atoms with Crippen molar-refractivity contribution in [1.82, 2.24) is 0 Å². The number of carbonyl (C=O) groups is 2. The largest absolute Gasteiger partial charge is 0.328 e. The highest BCUT2D eigenvalue weighted by molar-refractivity contribution is 6.08. The third-order valence-corrected chi connectivity index (χ3v) is 3.15. The monoisotopic (exact) mass is 268 g/mol. The first-order chi connectivity index (χ1) is 9.61. The van der Waals surface area contributed by atoms with E-state index in [2.05, 4.69) is 10.6 Å². The van der Waals surface area contributed by atoms with Gasteiger partial charge >= 0.3 is 0 Å². The molecule has 0 saturated heterocycles. The number of amides is 2. The lowest BCUT2D eigenvalue weighted by Gasteiger charge is -2.10. The van der Waals surface area contributed by atoms with Gasteiger partial charge in [0.25, 0.3) is 5.91 Å². The van der Waals surface area contributed by atoms with Crippen molar-refractivity contribution in [2.45, 2.75) is 13.8 Å². The molecule has 2 rings (SSSR count). The van der Waals surface area contributed by atoms with Gasteiger partial charge in [-0.2, -0.15) is 0 Å². The average molecular weight is 268 g/mol. The maximum Gasteiger partial charge on any atom is 0.257 e. The van der Waals surface area contributed by atoms with E-state index in [1.165, 1.54) is 5.56 Å². The van der Waals surface area contributed by atoms with E-state index in [9.17, 15) is 9.59 Å². The van der Waals surface area contributed by atoms with Crippen LogP contribution in [0.5, 0.6) is 0 Å². The highest BCUT2D eigenvalue weighted by atomic mass is 16.2. The normalized spacial score (nSPS) is 9.90. The molecule has 2 aromatic carbocycles. The molecule has 2 N–H and O–H groups in total. The van der Waals surface area contributed by atoms with E-state index in [1.54, 1.807) is 24.3 Å². The van der Waals surface area contributed by atoms with Gasteiger partial charge < -0.3 is 10.6 Å². The van der Waals surface area contributed by atoms with Crippen LogP contribution in [0.15, 0.2) is 42.5 Å². The summed E-state index contributed by atoms with van der Waals surface area (Å²) >= 11 is 0. The number of benzene rings is 2. The Balaban J connectivity index is 2.23. The Bertz CT molecular complexity index is 651. The standard InChI is InChI=1S/C16H16N2O2/c1-11-7-8-13(9-12(11)2)18-16(20)14-5-3-4-6-15(14)17-10-19/h3-10H,1-2H3,(H,17,19)(H,18,20). The van der Waals surface area contributed by atoms with Gasteiger partial charge in [-0.1, -0.05) is 18.2 Å². The fourth-order valence-electron chi connectivity index (χ4n) is 1.89. The molecule has 2 amide bonds. The molecule has 0 aliphatic heterocycles. The van der Waals surface area contributed by atoms with Crippen molar-refractivity contribution in [2.24, 2.45) is 0 Å². The van der Waals surface area contributed by atoms with E-state index in [0.717, 1.165) is 11.3 Å². The SMILES string of the molecule is Cc1ccc(NC(=O)c2ccccc2NC=O)cc1C. The number of para-hydroxylation sites is 1. The number of anilines is 2. The molecule has 0 saturated carbocycles. The van der Waals surface area contributed by atoms with Crippen molar-refractivity contribution in [1.29, 1.82) is 0 Å². The summed E-state index contributed by atoms with van der Waals surface area (Å²) in [7, 11) is 0. The number of carbonyl (C=O) groups excluding carboxylic acids is 2. The van der Waals surface area contributed by atoms with Crippen LogP contribution >= 0.6 is 0 Å². The maximum atomic E-state index is 12.2. The van der Waals surface area contributed by atoms with Crippen molar-refractivity contribution in [3.63, 3.8) is 0 Å². The quantitative estimate of drug-likeness (QED) is 0.837. The second-order valence-electron chi connectivity index (χ2n) is 4.56. The molecular formula is C16H16N2O2. The summed E-state index contributed by atoms with van der Waals surface area (Å²) in [6, 6.07) is 12.6. The molecule has 0 unspecified atom stereocenters. The molecular weight excluding hydrogens is 252 g/mol. The summed E-state index contributed by atoms with van der Waals surface area (Å²) in [6.07, 6.45) is 0.558. The maximum absolute atomic E-state index is 12.2. The predicted molar refractivity (Wildman–Crippen MR) is 80.0 cm³/mol. The Morgan fingerprint density at radius 1 is 1.05 bits per heavy atom. The Morgan fingerprint density at radius 2 is 1.80 bits per heavy atom. The lowest BCUT2D eigenvalue weighted by atomic mass is 10.1. The van der Waals surface area contributed by atoms with E-state index in [0.29, 0.717) is 17.7 Å². The summed E-state index contributed by atoms with van der Waals surface area (Å²) < 4.78 is 0. The van der Waals surface area contributed by atoms with Crippen LogP contribution < -0.4 is 10.6 Å². The predicted octanol–water partition coefficient (Wildman–Crippen LogP) is 3.12. The van der Waals surface area contributed by atoms with Gasteiger partial charge in [0, 0.05) is 5.69 Å². The van der Waals surface area contributed by atoms with Crippen LogP contribution in [0.4, 0.5) is 11.4 Å². The van der Waals surface area contributed by atoms with Crippen LogP contribution in [-0.4, -0.2) is 12.3 Å². The minimum absolute atomic E-state index is 0.252. The first-order valence-corrected chi connectivity index (χ1v) is 6.29. The van der Waals surface area contributed by atoms with Crippen molar-refractivity contribution < 1.29 is 9.59 Å². The van der Waals surface area contributed by atoms with Gasteiger partial charge in [0.05, 0.1) is 11.3 Å². The molecule has 0 aromatic heterocycles. The Morgan fingerprint density at radius 3 is 2.50 bits per heavy atom. The zero-order chi connectivity index (χ0) is 14.5. The van der Waals surface area contributed by atoms with E-state index < -0.39 is 0 Å². The second-order valence-corrected chi connectivity index (χ2v) is 4.56. The number of hydrogen-bond donors (Lipinski definition) is 2. The molecule has 0 fully saturated rings. The molecule has 0 heterocycles. The highest BCUT2D eigenvalue weighted by Gasteiger charge is 2.11. The van der Waals surface area contributed by atoms with Crippen molar-refractivity contribution in [3.8, 4) is 0 Å². The molecule has 20 heavy (non-hydrogen) atoms. The van der Waals surface area contributed by atoms with Crippen molar-refractivity contribution in [3.05, 3.63) is 59.2 Å². The molecule has 102 valence electrons. The van der Waals surface area contributed by atoms with Gasteiger partial charge in [-0.25, -0.2) is 0 Å². The third-order valence-electron chi connectivity index (χ3n) is 3.15. The van der Waals surface area contributed by atoms with Crippen molar-refractivity contribution in [2.75, 3.05) is 10.6 Å². The van der Waals surface area contributed by atoms with Gasteiger partial charge in [-0.3, -0.25) is 9.59 Å². The van der Waals surface area contributed by atoms with Crippen LogP contribution in [0.25, 0.3) is 0 Å².